The summed E-state index contributed by atoms with van der Waals surface area (Å²) in [6.45, 7) is 10.5. The first-order chi connectivity index (χ1) is 19.8. The minimum atomic E-state index is -1.09. The van der Waals surface area contributed by atoms with Crippen molar-refractivity contribution in [2.75, 3.05) is 0 Å². The maximum absolute atomic E-state index is 13.4. The normalized spacial score (nSPS) is 13.5. The van der Waals surface area contributed by atoms with Gasteiger partial charge in [0.15, 0.2) is 0 Å². The lowest BCUT2D eigenvalue weighted by Gasteiger charge is -2.31. The third-order valence-electron chi connectivity index (χ3n) is 6.81. The van der Waals surface area contributed by atoms with Gasteiger partial charge in [-0.1, -0.05) is 77.1 Å². The minimum absolute atomic E-state index is 0.172. The van der Waals surface area contributed by atoms with Gasteiger partial charge in [-0.05, 0) is 42.0 Å². The fourth-order valence-electron chi connectivity index (χ4n) is 4.37. The molecule has 3 aromatic rings. The van der Waals surface area contributed by atoms with Crippen LogP contribution in [0.1, 0.15) is 57.5 Å². The van der Waals surface area contributed by atoms with E-state index in [9.17, 15) is 24.0 Å². The Morgan fingerprint density at radius 2 is 1.48 bits per heavy atom. The summed E-state index contributed by atoms with van der Waals surface area (Å²) >= 11 is 0. The second-order valence-electron chi connectivity index (χ2n) is 11.6. The predicted octanol–water partition coefficient (Wildman–Crippen LogP) is 2.91. The number of rotatable bonds is 11. The molecular weight excluding hydrogens is 534 g/mol. The van der Waals surface area contributed by atoms with E-state index in [0.717, 1.165) is 5.56 Å². The van der Waals surface area contributed by atoms with Gasteiger partial charge >= 0.3 is 0 Å². The molecule has 0 spiro atoms. The summed E-state index contributed by atoms with van der Waals surface area (Å²) < 4.78 is 0. The summed E-state index contributed by atoms with van der Waals surface area (Å²) in [5, 5.41) is 11.3. The van der Waals surface area contributed by atoms with Crippen LogP contribution in [0, 0.1) is 11.3 Å². The lowest BCUT2D eigenvalue weighted by atomic mass is 9.85. The molecule has 222 valence electrons. The van der Waals surface area contributed by atoms with Crippen molar-refractivity contribution in [3.05, 3.63) is 78.0 Å². The molecule has 0 saturated carbocycles. The number of aromatic nitrogens is 1. The number of nitrogens with zero attached hydrogens (tertiary/aromatic N) is 1. The smallest absolute Gasteiger partial charge is 0.289 e. The Kier molecular flexibility index (Phi) is 10.5. The third-order valence-corrected chi connectivity index (χ3v) is 6.81. The molecule has 2 aromatic carbocycles. The first-order valence-electron chi connectivity index (χ1n) is 13.9. The van der Waals surface area contributed by atoms with Crippen LogP contribution in [0.15, 0.2) is 66.9 Å². The van der Waals surface area contributed by atoms with E-state index < -0.39 is 53.0 Å². The highest BCUT2D eigenvalue weighted by Crippen LogP contribution is 2.22. The summed E-state index contributed by atoms with van der Waals surface area (Å²) in [5.74, 6) is -3.63. The van der Waals surface area contributed by atoms with Crippen LogP contribution in [-0.2, 0) is 25.7 Å². The summed E-state index contributed by atoms with van der Waals surface area (Å²) in [5.41, 5.74) is 1.15. The molecule has 0 unspecified atom stereocenters. The monoisotopic (exact) mass is 573 g/mol. The molecule has 4 N–H and O–H groups in total. The Bertz CT molecular complexity index is 1440. The standard InChI is InChI=1S/C32H39N5O5/c1-19(2)25(26(38)30(41)34-18-21-12-8-7-9-13-21)36-28(39)20(3)35-31(42)27(32(4,5)6)37-29(40)23-14-10-16-24-22(23)15-11-17-33-24/h7-17,19-20,25,27H,18H2,1-6H3,(H,34,41)(H,35,42)(H,36,39)(H,37,40)/t20-,25-,27+/m0/s1. The molecule has 10 heteroatoms. The Balaban J connectivity index is 1.66. The molecular formula is C32H39N5O5. The van der Waals surface area contributed by atoms with Gasteiger partial charge < -0.3 is 21.3 Å². The number of benzene rings is 2. The van der Waals surface area contributed by atoms with E-state index in [2.05, 4.69) is 26.3 Å². The van der Waals surface area contributed by atoms with Crippen molar-refractivity contribution in [2.45, 2.75) is 66.2 Å². The number of hydrogen-bond donors (Lipinski definition) is 4. The zero-order valence-corrected chi connectivity index (χ0v) is 24.9. The van der Waals surface area contributed by atoms with Gasteiger partial charge in [0.1, 0.15) is 12.1 Å². The van der Waals surface area contributed by atoms with Crippen molar-refractivity contribution in [1.82, 2.24) is 26.3 Å². The van der Waals surface area contributed by atoms with E-state index in [4.69, 9.17) is 0 Å². The molecule has 0 saturated heterocycles. The van der Waals surface area contributed by atoms with E-state index in [1.807, 2.05) is 30.3 Å². The van der Waals surface area contributed by atoms with Gasteiger partial charge in [0.25, 0.3) is 11.8 Å². The van der Waals surface area contributed by atoms with E-state index in [0.29, 0.717) is 16.5 Å². The molecule has 0 aliphatic heterocycles. The van der Waals surface area contributed by atoms with Gasteiger partial charge in [0.2, 0.25) is 17.6 Å². The molecule has 0 radical (unpaired) electrons. The van der Waals surface area contributed by atoms with Crippen LogP contribution in [0.2, 0.25) is 0 Å². The Labute approximate surface area is 246 Å². The average molecular weight is 574 g/mol. The molecule has 3 atom stereocenters. The van der Waals surface area contributed by atoms with E-state index in [1.165, 1.54) is 6.92 Å². The zero-order valence-electron chi connectivity index (χ0n) is 24.9. The van der Waals surface area contributed by atoms with Crippen LogP contribution in [0.5, 0.6) is 0 Å². The topological polar surface area (TPSA) is 146 Å². The first-order valence-corrected chi connectivity index (χ1v) is 13.9. The van der Waals surface area contributed by atoms with Crippen molar-refractivity contribution in [3.8, 4) is 0 Å². The molecule has 0 aliphatic rings. The zero-order chi connectivity index (χ0) is 31.0. The van der Waals surface area contributed by atoms with Crippen LogP contribution >= 0.6 is 0 Å². The lowest BCUT2D eigenvalue weighted by molar-refractivity contribution is -0.141. The molecule has 1 aromatic heterocycles. The van der Waals surface area contributed by atoms with Crippen LogP contribution in [0.4, 0.5) is 0 Å². The maximum Gasteiger partial charge on any atom is 0.289 e. The van der Waals surface area contributed by atoms with Gasteiger partial charge in [0, 0.05) is 23.7 Å². The van der Waals surface area contributed by atoms with Crippen LogP contribution in [-0.4, -0.2) is 52.5 Å². The van der Waals surface area contributed by atoms with E-state index in [1.54, 1.807) is 71.1 Å². The SMILES string of the molecule is CC(C)[C@H](NC(=O)[C@H](C)NC(=O)[C@@H](NC(=O)c1cccc2ncccc12)C(C)(C)C)C(=O)C(=O)NCc1ccccc1. The van der Waals surface area contributed by atoms with Crippen molar-refractivity contribution in [2.24, 2.45) is 11.3 Å². The quantitative estimate of drug-likeness (QED) is 0.260. The minimum Gasteiger partial charge on any atom is -0.345 e. The van der Waals surface area contributed by atoms with Crippen molar-refractivity contribution >= 4 is 40.3 Å². The number of amides is 4. The van der Waals surface area contributed by atoms with Crippen LogP contribution in [0.3, 0.4) is 0 Å². The average Bonchev–Trinajstić information content (AvgIpc) is 2.96. The highest BCUT2D eigenvalue weighted by molar-refractivity contribution is 6.38. The fraction of sp³-hybridized carbons (Fsp3) is 0.375. The second-order valence-corrected chi connectivity index (χ2v) is 11.6. The lowest BCUT2D eigenvalue weighted by Crippen LogP contribution is -2.59. The highest BCUT2D eigenvalue weighted by atomic mass is 16.2. The summed E-state index contributed by atoms with van der Waals surface area (Å²) in [7, 11) is 0. The Morgan fingerprint density at radius 1 is 0.786 bits per heavy atom. The van der Waals surface area contributed by atoms with Crippen molar-refractivity contribution < 1.29 is 24.0 Å². The summed E-state index contributed by atoms with van der Waals surface area (Å²) in [6.07, 6.45) is 1.64. The Hall–Kier alpha value is -4.60. The van der Waals surface area contributed by atoms with Gasteiger partial charge in [-0.3, -0.25) is 29.0 Å². The summed E-state index contributed by atoms with van der Waals surface area (Å²) in [6, 6.07) is 14.7. The van der Waals surface area contributed by atoms with Gasteiger partial charge in [-0.2, -0.15) is 0 Å². The molecule has 3 rings (SSSR count). The highest BCUT2D eigenvalue weighted by Gasteiger charge is 2.36. The molecule has 4 amide bonds. The van der Waals surface area contributed by atoms with Crippen molar-refractivity contribution in [1.29, 1.82) is 0 Å². The van der Waals surface area contributed by atoms with Gasteiger partial charge in [0.05, 0.1) is 11.6 Å². The number of carbonyl (C=O) groups excluding carboxylic acids is 5. The molecule has 1 heterocycles. The number of ketones is 1. The summed E-state index contributed by atoms with van der Waals surface area (Å²) in [4.78, 5) is 69.4. The maximum atomic E-state index is 13.4. The second kappa shape index (κ2) is 13.8. The Morgan fingerprint density at radius 3 is 2.12 bits per heavy atom. The number of fused-ring (bicyclic) bond motifs is 1. The van der Waals surface area contributed by atoms with Gasteiger partial charge in [-0.15, -0.1) is 0 Å². The number of pyridine rings is 1. The number of hydrogen-bond acceptors (Lipinski definition) is 6. The molecule has 0 bridgehead atoms. The molecule has 10 nitrogen and oxygen atoms in total. The predicted molar refractivity (Wildman–Crippen MR) is 160 cm³/mol. The van der Waals surface area contributed by atoms with Gasteiger partial charge in [-0.25, -0.2) is 0 Å². The molecule has 0 fully saturated rings. The largest absolute Gasteiger partial charge is 0.345 e. The molecule has 0 aliphatic carbocycles. The number of nitrogens with one attached hydrogen (secondary N) is 4. The fourth-order valence-corrected chi connectivity index (χ4v) is 4.37. The first kappa shape index (κ1) is 31.9. The van der Waals surface area contributed by atoms with E-state index >= 15 is 0 Å². The van der Waals surface area contributed by atoms with Crippen molar-refractivity contribution in [3.63, 3.8) is 0 Å². The van der Waals surface area contributed by atoms with Crippen LogP contribution in [0.25, 0.3) is 10.9 Å². The molecule has 42 heavy (non-hydrogen) atoms. The third kappa shape index (κ3) is 8.22. The van der Waals surface area contributed by atoms with Crippen LogP contribution < -0.4 is 21.3 Å². The van der Waals surface area contributed by atoms with E-state index in [-0.39, 0.29) is 12.5 Å². The number of carbonyl (C=O) groups is 5. The number of Topliss-reactive ketones (excluding diaryl/α,β-unsaturated/α-hetero) is 1.